The Morgan fingerprint density at radius 3 is 1.60 bits per heavy atom. The van der Waals surface area contributed by atoms with Crippen LogP contribution in [0.15, 0.2) is 72.4 Å². The Morgan fingerprint density at radius 2 is 1.12 bits per heavy atom. The molecule has 2 aromatic heterocycles. The summed E-state index contributed by atoms with van der Waals surface area (Å²) in [5.74, 6) is -2.23. The summed E-state index contributed by atoms with van der Waals surface area (Å²) in [5.41, 5.74) is 7.64. The number of carbonyl (C=O) groups excluding carboxylic acids is 4. The van der Waals surface area contributed by atoms with Gasteiger partial charge in [-0.05, 0) is 85.3 Å². The van der Waals surface area contributed by atoms with Crippen LogP contribution in [0.2, 0.25) is 0 Å². The van der Waals surface area contributed by atoms with Gasteiger partial charge in [0.2, 0.25) is 0 Å². The van der Waals surface area contributed by atoms with Crippen molar-refractivity contribution in [2.75, 3.05) is 6.54 Å². The van der Waals surface area contributed by atoms with Gasteiger partial charge >= 0.3 is 18.0 Å². The quantitative estimate of drug-likeness (QED) is 0.0917. The highest BCUT2D eigenvalue weighted by molar-refractivity contribution is 6.06. The second-order valence-corrected chi connectivity index (χ2v) is 15.5. The van der Waals surface area contributed by atoms with E-state index in [2.05, 4.69) is 22.2 Å². The standard InChI is InChI=1S/C47H58N4O6/c1-6-34-36(8-3)42(45(53)56-29-32-23-17-14-18-24-32)48-40(34)39(38-28-51(47(55)50-44(38)52)27-21-13-11-10-12-16-22-31(51)5)41-35(7-2)37(9-4)43(49-41)46(54)57-30-33-25-19-15-20-26-33/h14-15,17-20,23-26,28,31,39H,6-13,16,21-22,27,29-30H2,1-5H3,(H2-,48,49,50,52,53,54,55)/p+1. The van der Waals surface area contributed by atoms with Crippen molar-refractivity contribution < 1.29 is 33.1 Å². The number of benzene rings is 2. The molecule has 0 bridgehead atoms. The third-order valence-electron chi connectivity index (χ3n) is 12.1. The molecule has 3 N–H and O–H groups in total. The fraction of sp³-hybridized carbons (Fsp3) is 0.447. The maximum Gasteiger partial charge on any atom is 0.428 e. The summed E-state index contributed by atoms with van der Waals surface area (Å²) in [4.78, 5) is 63.6. The van der Waals surface area contributed by atoms with Gasteiger partial charge in [0.1, 0.15) is 30.8 Å². The first-order valence-corrected chi connectivity index (χ1v) is 21.0. The van der Waals surface area contributed by atoms with Gasteiger partial charge in [-0.3, -0.25) is 4.79 Å². The summed E-state index contributed by atoms with van der Waals surface area (Å²) in [6.45, 7) is 11.0. The fourth-order valence-corrected chi connectivity index (χ4v) is 8.98. The molecule has 10 nitrogen and oxygen atoms in total. The normalized spacial score (nSPS) is 19.0. The van der Waals surface area contributed by atoms with Crippen molar-refractivity contribution in [1.29, 1.82) is 0 Å². The van der Waals surface area contributed by atoms with Gasteiger partial charge < -0.3 is 19.4 Å². The largest absolute Gasteiger partial charge is 0.456 e. The minimum atomic E-state index is -0.775. The van der Waals surface area contributed by atoms with E-state index in [-0.39, 0.29) is 29.8 Å². The van der Waals surface area contributed by atoms with Crippen LogP contribution in [0.25, 0.3) is 0 Å². The van der Waals surface area contributed by atoms with Gasteiger partial charge in [-0.15, -0.1) is 0 Å². The molecule has 2 aromatic carbocycles. The fourth-order valence-electron chi connectivity index (χ4n) is 8.98. The highest BCUT2D eigenvalue weighted by Gasteiger charge is 2.49. The number of H-pyrrole nitrogens is 2. The zero-order valence-corrected chi connectivity index (χ0v) is 34.3. The number of aromatic nitrogens is 2. The average Bonchev–Trinajstić information content (AvgIpc) is 3.80. The number of ether oxygens (including phenoxy) is 2. The molecule has 4 heterocycles. The third-order valence-corrected chi connectivity index (χ3v) is 12.1. The van der Waals surface area contributed by atoms with Crippen LogP contribution in [0.5, 0.6) is 0 Å². The summed E-state index contributed by atoms with van der Waals surface area (Å²) < 4.78 is 11.8. The van der Waals surface area contributed by atoms with E-state index in [0.717, 1.165) is 71.9 Å². The molecule has 0 saturated carbocycles. The Bertz CT molecular complexity index is 1970. The van der Waals surface area contributed by atoms with Crippen molar-refractivity contribution in [3.63, 3.8) is 0 Å². The molecule has 1 spiro atoms. The number of amides is 3. The van der Waals surface area contributed by atoms with Gasteiger partial charge in [0.15, 0.2) is 0 Å². The lowest BCUT2D eigenvalue weighted by molar-refractivity contribution is -0.825. The van der Waals surface area contributed by atoms with Gasteiger partial charge in [-0.1, -0.05) is 108 Å². The number of quaternary nitrogens is 1. The van der Waals surface area contributed by atoms with E-state index >= 15 is 0 Å². The minimum Gasteiger partial charge on any atom is -0.456 e. The molecule has 1 saturated heterocycles. The minimum absolute atomic E-state index is 0.0150. The van der Waals surface area contributed by atoms with Crippen LogP contribution in [-0.2, 0) is 53.2 Å². The summed E-state index contributed by atoms with van der Waals surface area (Å²) in [6, 6.07) is 18.7. The second-order valence-electron chi connectivity index (χ2n) is 15.5. The van der Waals surface area contributed by atoms with Crippen LogP contribution in [-0.4, -0.2) is 50.9 Å². The monoisotopic (exact) mass is 775 g/mol. The molecule has 2 aliphatic heterocycles. The number of imide groups is 1. The number of hydrogen-bond donors (Lipinski definition) is 3. The van der Waals surface area contributed by atoms with Gasteiger partial charge in [0, 0.05) is 17.8 Å². The van der Waals surface area contributed by atoms with Crippen LogP contribution in [0.3, 0.4) is 0 Å². The molecular weight excluding hydrogens is 717 g/mol. The Hall–Kier alpha value is -5.22. The van der Waals surface area contributed by atoms with Crippen LogP contribution < -0.4 is 5.32 Å². The number of hydrogen-bond acceptors (Lipinski definition) is 6. The molecule has 57 heavy (non-hydrogen) atoms. The summed E-state index contributed by atoms with van der Waals surface area (Å²) in [6.07, 6.45) is 11.3. The molecular formula is C47H59N4O6+. The van der Waals surface area contributed by atoms with Gasteiger partial charge in [0.25, 0.3) is 5.91 Å². The molecule has 10 heteroatoms. The smallest absolute Gasteiger partial charge is 0.428 e. The first kappa shape index (κ1) is 41.4. The van der Waals surface area contributed by atoms with E-state index in [9.17, 15) is 19.2 Å². The van der Waals surface area contributed by atoms with E-state index in [1.165, 1.54) is 6.42 Å². The van der Waals surface area contributed by atoms with Crippen LogP contribution >= 0.6 is 0 Å². The number of rotatable bonds is 13. The molecule has 4 aromatic rings. The number of aromatic amines is 2. The van der Waals surface area contributed by atoms with E-state index < -0.39 is 23.8 Å². The Balaban J connectivity index is 1.55. The van der Waals surface area contributed by atoms with E-state index in [4.69, 9.17) is 9.47 Å². The van der Waals surface area contributed by atoms with Crippen molar-refractivity contribution in [2.45, 2.75) is 130 Å². The highest BCUT2D eigenvalue weighted by atomic mass is 16.5. The van der Waals surface area contributed by atoms with Crippen molar-refractivity contribution >= 4 is 23.9 Å². The average molecular weight is 776 g/mol. The molecule has 2 atom stereocenters. The van der Waals surface area contributed by atoms with Crippen molar-refractivity contribution in [2.24, 2.45) is 0 Å². The second kappa shape index (κ2) is 18.8. The lowest BCUT2D eigenvalue weighted by Gasteiger charge is -2.41. The molecule has 302 valence electrons. The lowest BCUT2D eigenvalue weighted by atomic mass is 9.84. The number of urea groups is 1. The SMILES string of the molecule is CCc1c(C(=O)OCc2ccccc2)[nH]c(C(C2=C[N+]3(CCCCCCCCC3C)C(=O)NC2=O)c2[nH]c(C(=O)OCc3ccccc3)c(CC)c2CC)c1CC. The molecule has 2 aliphatic rings. The predicted molar refractivity (Wildman–Crippen MR) is 221 cm³/mol. The molecule has 3 amide bonds. The highest BCUT2D eigenvalue weighted by Crippen LogP contribution is 2.42. The lowest BCUT2D eigenvalue weighted by Crippen LogP contribution is -2.63. The Kier molecular flexibility index (Phi) is 13.7. The maximum absolute atomic E-state index is 14.5. The Morgan fingerprint density at radius 1 is 0.667 bits per heavy atom. The van der Waals surface area contributed by atoms with Gasteiger partial charge in [-0.2, -0.15) is 0 Å². The number of nitrogens with zero attached hydrogens (tertiary/aromatic N) is 1. The first-order valence-electron chi connectivity index (χ1n) is 21.0. The zero-order valence-electron chi connectivity index (χ0n) is 34.3. The van der Waals surface area contributed by atoms with Crippen molar-refractivity contribution in [1.82, 2.24) is 15.3 Å². The third kappa shape index (κ3) is 8.71. The molecule has 0 radical (unpaired) electrons. The number of esters is 2. The van der Waals surface area contributed by atoms with Gasteiger partial charge in [-0.25, -0.2) is 24.2 Å². The van der Waals surface area contributed by atoms with Gasteiger partial charge in [0.05, 0.1) is 24.1 Å². The van der Waals surface area contributed by atoms with Crippen molar-refractivity contribution in [3.8, 4) is 0 Å². The first-order chi connectivity index (χ1) is 27.7. The van der Waals surface area contributed by atoms with Crippen molar-refractivity contribution in [3.05, 3.63) is 129 Å². The predicted octanol–water partition coefficient (Wildman–Crippen LogP) is 9.52. The molecule has 1 fully saturated rings. The van der Waals surface area contributed by atoms with E-state index in [1.54, 1.807) is 0 Å². The summed E-state index contributed by atoms with van der Waals surface area (Å²) in [5, 5.41) is 2.81. The maximum atomic E-state index is 14.5. The number of nitrogens with one attached hydrogen (secondary N) is 3. The topological polar surface area (TPSA) is 130 Å². The summed E-state index contributed by atoms with van der Waals surface area (Å²) >= 11 is 0. The zero-order chi connectivity index (χ0) is 40.5. The van der Waals surface area contributed by atoms with Crippen LogP contribution in [0.4, 0.5) is 4.79 Å². The van der Waals surface area contributed by atoms with Crippen LogP contribution in [0, 0.1) is 0 Å². The van der Waals surface area contributed by atoms with E-state index in [1.807, 2.05) is 94.6 Å². The van der Waals surface area contributed by atoms with E-state index in [0.29, 0.717) is 60.6 Å². The van der Waals surface area contributed by atoms with Crippen LogP contribution in [0.1, 0.15) is 151 Å². The Labute approximate surface area is 337 Å². The molecule has 0 aliphatic carbocycles. The molecule has 2 unspecified atom stereocenters. The molecule has 6 rings (SSSR count). The number of carbonyl (C=O) groups is 4. The summed E-state index contributed by atoms with van der Waals surface area (Å²) in [7, 11) is 0.